The summed E-state index contributed by atoms with van der Waals surface area (Å²) in [5, 5.41) is 12.5. The molecule has 0 saturated heterocycles. The van der Waals surface area contributed by atoms with Crippen LogP contribution in [0.15, 0.2) is 73.7 Å². The summed E-state index contributed by atoms with van der Waals surface area (Å²) in [6.45, 7) is 16.4. The lowest BCUT2D eigenvalue weighted by molar-refractivity contribution is 0.357. The summed E-state index contributed by atoms with van der Waals surface area (Å²) in [5.41, 5.74) is 8.38. The Kier molecular flexibility index (Phi) is 9.18. The normalized spacial score (nSPS) is 15.3. The van der Waals surface area contributed by atoms with Crippen molar-refractivity contribution in [2.75, 3.05) is 5.32 Å². The van der Waals surface area contributed by atoms with E-state index in [0.29, 0.717) is 5.35 Å². The number of anilines is 1. The molecule has 42 heavy (non-hydrogen) atoms. The number of H-pyrrole nitrogens is 2. The Balaban J connectivity index is 1.44. The van der Waals surface area contributed by atoms with Gasteiger partial charge in [-0.1, -0.05) is 70.1 Å². The van der Waals surface area contributed by atoms with Crippen LogP contribution in [0.2, 0.25) is 0 Å². The van der Waals surface area contributed by atoms with Gasteiger partial charge in [-0.15, -0.1) is 11.3 Å². The van der Waals surface area contributed by atoms with Gasteiger partial charge in [-0.2, -0.15) is 9.49 Å². The molecule has 0 aliphatic heterocycles. The van der Waals surface area contributed by atoms with Crippen molar-refractivity contribution in [3.05, 3.63) is 111 Å². The van der Waals surface area contributed by atoms with Gasteiger partial charge in [0.05, 0.1) is 22.9 Å². The molecule has 5 rings (SSSR count). The molecule has 7 heteroatoms. The second-order valence-corrected chi connectivity index (χ2v) is 11.9. The van der Waals surface area contributed by atoms with Crippen molar-refractivity contribution in [1.29, 1.82) is 0 Å². The number of hydrogen-bond acceptors (Lipinski definition) is 4. The van der Waals surface area contributed by atoms with Crippen LogP contribution >= 0.6 is 11.3 Å². The minimum Gasteiger partial charge on any atom is -0.358 e. The van der Waals surface area contributed by atoms with E-state index in [2.05, 4.69) is 69.5 Å². The molecule has 216 valence electrons. The fraction of sp³-hybridized carbons (Fsp3) is 0.257. The van der Waals surface area contributed by atoms with E-state index in [4.69, 9.17) is 0 Å². The first-order valence-corrected chi connectivity index (χ1v) is 15.3. The zero-order valence-corrected chi connectivity index (χ0v) is 25.2. The fourth-order valence-electron chi connectivity index (χ4n) is 5.74. The second-order valence-electron chi connectivity index (χ2n) is 10.9. The zero-order chi connectivity index (χ0) is 29.6. The first kappa shape index (κ1) is 29.3. The van der Waals surface area contributed by atoms with Crippen LogP contribution in [-0.2, 0) is 0 Å². The molecule has 1 aliphatic rings. The molecule has 0 spiro atoms. The van der Waals surface area contributed by atoms with Crippen molar-refractivity contribution < 1.29 is 4.39 Å². The van der Waals surface area contributed by atoms with Crippen LogP contribution in [0.4, 0.5) is 10.1 Å². The van der Waals surface area contributed by atoms with E-state index in [-0.39, 0.29) is 5.13 Å². The average Bonchev–Trinajstić information content (AvgIpc) is 3.69. The maximum atomic E-state index is 13.9. The Bertz CT molecular complexity index is 1760. The molecule has 0 amide bonds. The molecular formula is C35H38FN5S. The molecule has 1 saturated carbocycles. The maximum absolute atomic E-state index is 13.9. The van der Waals surface area contributed by atoms with E-state index in [9.17, 15) is 4.39 Å². The van der Waals surface area contributed by atoms with Crippen molar-refractivity contribution in [3.8, 4) is 11.4 Å². The monoisotopic (exact) mass is 579 g/mol. The number of allylic oxidation sites excluding steroid dienone is 5. The highest BCUT2D eigenvalue weighted by Gasteiger charge is 2.17. The smallest absolute Gasteiger partial charge is 0.176 e. The van der Waals surface area contributed by atoms with Gasteiger partial charge in [-0.3, -0.25) is 10.1 Å². The van der Waals surface area contributed by atoms with Crippen molar-refractivity contribution in [2.24, 2.45) is 5.92 Å². The Morgan fingerprint density at radius 1 is 1.19 bits per heavy atom. The van der Waals surface area contributed by atoms with Crippen LogP contribution in [0, 0.1) is 18.0 Å². The van der Waals surface area contributed by atoms with Gasteiger partial charge in [0.2, 0.25) is 0 Å². The number of aromatic nitrogens is 4. The van der Waals surface area contributed by atoms with E-state index < -0.39 is 0 Å². The van der Waals surface area contributed by atoms with Gasteiger partial charge in [0.1, 0.15) is 5.69 Å². The van der Waals surface area contributed by atoms with Gasteiger partial charge in [0.25, 0.3) is 0 Å². The third-order valence-corrected chi connectivity index (χ3v) is 8.74. The summed E-state index contributed by atoms with van der Waals surface area (Å²) in [6.07, 6.45) is 19.1. The molecule has 0 atom stereocenters. The number of nitrogens with one attached hydrogen (secondary N) is 3. The molecule has 0 unspecified atom stereocenters. The molecule has 1 aliphatic carbocycles. The lowest BCUT2D eigenvalue weighted by Crippen LogP contribution is -2.22. The van der Waals surface area contributed by atoms with E-state index in [0.717, 1.165) is 84.5 Å². The molecule has 4 aromatic rings. The number of hydrogen-bond donors (Lipinski definition) is 3. The quantitative estimate of drug-likeness (QED) is 0.166. The van der Waals surface area contributed by atoms with Gasteiger partial charge < -0.3 is 10.3 Å². The van der Waals surface area contributed by atoms with Crippen molar-refractivity contribution in [3.63, 3.8) is 0 Å². The van der Waals surface area contributed by atoms with Crippen LogP contribution in [-0.4, -0.2) is 20.2 Å². The van der Waals surface area contributed by atoms with Crippen LogP contribution in [0.5, 0.6) is 0 Å². The SMILES string of the molecule is C=C/C=C(/c1ccc(F)s1)c1cc(-c2n[nH]c(=C)/c2=C\C(=C/C)c2cncc(NC(=C)CC3CCCCC3)c2)[nH]c1C. The predicted molar refractivity (Wildman–Crippen MR) is 176 cm³/mol. The molecule has 0 aromatic carbocycles. The minimum atomic E-state index is -0.222. The maximum Gasteiger partial charge on any atom is 0.176 e. The number of pyridine rings is 1. The third-order valence-electron chi connectivity index (χ3n) is 7.83. The molecule has 4 heterocycles. The summed E-state index contributed by atoms with van der Waals surface area (Å²) >= 11 is 1.12. The molecule has 4 aromatic heterocycles. The first-order chi connectivity index (χ1) is 20.4. The number of aromatic amines is 2. The molecular weight excluding hydrogens is 541 g/mol. The lowest BCUT2D eigenvalue weighted by Gasteiger charge is -2.23. The van der Waals surface area contributed by atoms with Crippen LogP contribution in [0.3, 0.4) is 0 Å². The van der Waals surface area contributed by atoms with Gasteiger partial charge >= 0.3 is 0 Å². The zero-order valence-electron chi connectivity index (χ0n) is 24.4. The van der Waals surface area contributed by atoms with Gasteiger partial charge in [0.15, 0.2) is 5.13 Å². The molecule has 5 nitrogen and oxygen atoms in total. The highest BCUT2D eigenvalue weighted by Crippen LogP contribution is 2.33. The lowest BCUT2D eigenvalue weighted by atomic mass is 9.86. The van der Waals surface area contributed by atoms with Crippen molar-refractivity contribution in [1.82, 2.24) is 20.2 Å². The topological polar surface area (TPSA) is 69.4 Å². The standard InChI is InChI=1S/C35H38FN5S/c1-6-11-29(33-14-15-34(36)42-33)30-19-32(39-23(30)4)35-31(24(5)40-41-35)18-26(7-2)27-17-28(21-37-20-27)38-22(3)16-25-12-9-8-10-13-25/h6-7,11,14-15,17-21,25,38-40H,1,3,5,8-10,12-13,16H2,2,4H3/b26-7+,29-11+,31-18+. The summed E-state index contributed by atoms with van der Waals surface area (Å²) < 4.78 is 13.9. The Morgan fingerprint density at radius 2 is 2.00 bits per heavy atom. The molecule has 1 fully saturated rings. The van der Waals surface area contributed by atoms with E-state index in [1.807, 2.05) is 32.3 Å². The largest absolute Gasteiger partial charge is 0.358 e. The highest BCUT2D eigenvalue weighted by molar-refractivity contribution is 7.11. The van der Waals surface area contributed by atoms with Crippen molar-refractivity contribution in [2.45, 2.75) is 52.4 Å². The number of halogens is 1. The van der Waals surface area contributed by atoms with Gasteiger partial charge in [0, 0.05) is 44.4 Å². The van der Waals surface area contributed by atoms with E-state index >= 15 is 0 Å². The average molecular weight is 580 g/mol. The Labute approximate surface area is 251 Å². The summed E-state index contributed by atoms with van der Waals surface area (Å²) in [6, 6.07) is 7.44. The fourth-order valence-corrected chi connectivity index (χ4v) is 6.51. The van der Waals surface area contributed by atoms with Crippen molar-refractivity contribution >= 4 is 40.8 Å². The number of thiophene rings is 1. The molecule has 0 radical (unpaired) electrons. The second kappa shape index (κ2) is 13.2. The van der Waals surface area contributed by atoms with E-state index in [1.165, 1.54) is 38.2 Å². The predicted octanol–water partition coefficient (Wildman–Crippen LogP) is 8.12. The minimum absolute atomic E-state index is 0.222. The van der Waals surface area contributed by atoms with E-state index in [1.54, 1.807) is 12.1 Å². The van der Waals surface area contributed by atoms with Crippen LogP contribution in [0.1, 0.15) is 67.1 Å². The number of aryl methyl sites for hydroxylation is 1. The van der Waals surface area contributed by atoms with Gasteiger partial charge in [-0.25, -0.2) is 0 Å². The molecule has 0 bridgehead atoms. The summed E-state index contributed by atoms with van der Waals surface area (Å²) in [4.78, 5) is 8.84. The van der Waals surface area contributed by atoms with Gasteiger partial charge in [-0.05, 0) is 62.1 Å². The highest BCUT2D eigenvalue weighted by atomic mass is 32.1. The summed E-state index contributed by atoms with van der Waals surface area (Å²) in [7, 11) is 0. The third kappa shape index (κ3) is 6.63. The Hall–Kier alpha value is -4.23. The summed E-state index contributed by atoms with van der Waals surface area (Å²) in [5.74, 6) is 0.719. The number of rotatable bonds is 10. The first-order valence-electron chi connectivity index (χ1n) is 14.5. The van der Waals surface area contributed by atoms with Crippen LogP contribution in [0.25, 0.3) is 35.2 Å². The molecule has 3 N–H and O–H groups in total. The van der Waals surface area contributed by atoms with Crippen LogP contribution < -0.4 is 15.9 Å². The Morgan fingerprint density at radius 3 is 2.71 bits per heavy atom. The number of nitrogens with zero attached hydrogens (tertiary/aromatic N) is 2.